The van der Waals surface area contributed by atoms with Crippen molar-refractivity contribution in [3.63, 3.8) is 0 Å². The van der Waals surface area contributed by atoms with Gasteiger partial charge in [0.05, 0.1) is 0 Å². The van der Waals surface area contributed by atoms with Crippen molar-refractivity contribution < 1.29 is 0 Å². The topological polar surface area (TPSA) is 0 Å². The molecule has 0 amide bonds. The van der Waals surface area contributed by atoms with Crippen molar-refractivity contribution >= 4 is 0 Å². The highest BCUT2D eigenvalue weighted by molar-refractivity contribution is 5.01. The Kier molecular flexibility index (Phi) is 5.68. The molecule has 0 fully saturated rings. The zero-order chi connectivity index (χ0) is 6.24. The molecule has 8 heavy (non-hydrogen) atoms. The number of hydrogen-bond acceptors (Lipinski definition) is 0. The van der Waals surface area contributed by atoms with E-state index in [4.69, 9.17) is 0 Å². The molecule has 0 aromatic heterocycles. The van der Waals surface area contributed by atoms with Crippen LogP contribution in [-0.4, -0.2) is 0 Å². The maximum atomic E-state index is 2.95. The molecule has 0 bridgehead atoms. The van der Waals surface area contributed by atoms with E-state index in [0.29, 0.717) is 0 Å². The van der Waals surface area contributed by atoms with Crippen molar-refractivity contribution in [3.05, 3.63) is 30.0 Å². The summed E-state index contributed by atoms with van der Waals surface area (Å²) in [6.07, 6.45) is 8.99. The van der Waals surface area contributed by atoms with Gasteiger partial charge in [-0.05, 0) is 25.5 Å². The Hall–Kier alpha value is -0.740. The van der Waals surface area contributed by atoms with Crippen LogP contribution in [0.25, 0.3) is 0 Å². The van der Waals surface area contributed by atoms with Crippen molar-refractivity contribution in [1.82, 2.24) is 0 Å². The van der Waals surface area contributed by atoms with E-state index < -0.39 is 0 Å². The summed E-state index contributed by atoms with van der Waals surface area (Å²) in [6.45, 7) is 4.07. The summed E-state index contributed by atoms with van der Waals surface area (Å²) in [4.78, 5) is 0. The summed E-state index contributed by atoms with van der Waals surface area (Å²) < 4.78 is 0. The van der Waals surface area contributed by atoms with E-state index in [-0.39, 0.29) is 0 Å². The van der Waals surface area contributed by atoms with Gasteiger partial charge in [0.25, 0.3) is 0 Å². The molecular weight excluding hydrogens is 96.1 g/mol. The Morgan fingerprint density at radius 1 is 1.50 bits per heavy atom. The lowest BCUT2D eigenvalue weighted by atomic mass is 10.4. The molecule has 0 aromatic rings. The quantitative estimate of drug-likeness (QED) is 0.377. The van der Waals surface area contributed by atoms with E-state index in [0.717, 1.165) is 6.42 Å². The second kappa shape index (κ2) is 6.26. The molecule has 0 heterocycles. The highest BCUT2D eigenvalue weighted by atomic mass is 13.6. The largest absolute Gasteiger partial charge is 0.126 e. The molecule has 0 unspecified atom stereocenters. The van der Waals surface area contributed by atoms with Crippen LogP contribution in [0.3, 0.4) is 0 Å². The van der Waals surface area contributed by atoms with Crippen LogP contribution in [0.1, 0.15) is 20.3 Å². The maximum absolute atomic E-state index is 2.95. The smallest absolute Gasteiger partial charge is 0.0206 e. The summed E-state index contributed by atoms with van der Waals surface area (Å²) in [5, 5.41) is 0. The minimum absolute atomic E-state index is 1.10. The van der Waals surface area contributed by atoms with Crippen LogP contribution in [0.15, 0.2) is 30.0 Å². The molecule has 0 saturated heterocycles. The predicted octanol–water partition coefficient (Wildman–Crippen LogP) is 2.68. The average Bonchev–Trinajstić information content (AvgIpc) is 1.81. The van der Waals surface area contributed by atoms with Crippen LogP contribution in [0.2, 0.25) is 0 Å². The Labute approximate surface area is 51.2 Å². The first-order valence-corrected chi connectivity index (χ1v) is 2.94. The minimum Gasteiger partial charge on any atom is -0.126 e. The van der Waals surface area contributed by atoms with Gasteiger partial charge in [-0.15, -0.1) is 5.73 Å². The molecule has 0 aliphatic carbocycles. The van der Waals surface area contributed by atoms with E-state index in [1.165, 1.54) is 0 Å². The summed E-state index contributed by atoms with van der Waals surface area (Å²) in [6, 6.07) is 0. The van der Waals surface area contributed by atoms with Gasteiger partial charge in [0.15, 0.2) is 0 Å². The Balaban J connectivity index is 3.42. The van der Waals surface area contributed by atoms with E-state index in [9.17, 15) is 0 Å². The van der Waals surface area contributed by atoms with Crippen molar-refractivity contribution in [1.29, 1.82) is 0 Å². The Bertz CT molecular complexity index is 112. The molecule has 0 N–H and O–H groups in total. The first kappa shape index (κ1) is 7.26. The molecule has 0 aliphatic rings. The molecule has 0 rings (SSSR count). The van der Waals surface area contributed by atoms with Gasteiger partial charge < -0.3 is 0 Å². The Morgan fingerprint density at radius 3 is 2.75 bits per heavy atom. The van der Waals surface area contributed by atoms with E-state index >= 15 is 0 Å². The fourth-order valence-electron chi connectivity index (χ4n) is 0.356. The average molecular weight is 108 g/mol. The third-order valence-corrected chi connectivity index (χ3v) is 0.731. The molecular formula is C8H12. The van der Waals surface area contributed by atoms with Crippen molar-refractivity contribution in [2.75, 3.05) is 0 Å². The molecule has 0 spiro atoms. The predicted molar refractivity (Wildman–Crippen MR) is 37.8 cm³/mol. The summed E-state index contributed by atoms with van der Waals surface area (Å²) >= 11 is 0. The third-order valence-electron chi connectivity index (χ3n) is 0.731. The van der Waals surface area contributed by atoms with Crippen LogP contribution in [0, 0.1) is 0 Å². The van der Waals surface area contributed by atoms with Crippen LogP contribution in [0.4, 0.5) is 0 Å². The molecule has 0 aliphatic heterocycles. The fraction of sp³-hybridized carbons (Fsp3) is 0.375. The molecule has 0 nitrogen and oxygen atoms in total. The van der Waals surface area contributed by atoms with Crippen LogP contribution in [-0.2, 0) is 0 Å². The van der Waals surface area contributed by atoms with Crippen molar-refractivity contribution in [2.45, 2.75) is 20.3 Å². The minimum atomic E-state index is 1.10. The molecule has 0 atom stereocenters. The van der Waals surface area contributed by atoms with Crippen LogP contribution in [0.5, 0.6) is 0 Å². The lowest BCUT2D eigenvalue weighted by molar-refractivity contribution is 1.22. The van der Waals surface area contributed by atoms with Crippen LogP contribution < -0.4 is 0 Å². The second-order valence-electron chi connectivity index (χ2n) is 1.46. The third kappa shape index (κ3) is 5.26. The van der Waals surface area contributed by atoms with E-state index in [2.05, 4.69) is 18.7 Å². The van der Waals surface area contributed by atoms with E-state index in [1.807, 2.05) is 25.2 Å². The van der Waals surface area contributed by atoms with Gasteiger partial charge in [0.1, 0.15) is 0 Å². The molecule has 0 aromatic carbocycles. The van der Waals surface area contributed by atoms with Gasteiger partial charge >= 0.3 is 0 Å². The SMILES string of the molecule is CC=C=C/C=C\CC. The summed E-state index contributed by atoms with van der Waals surface area (Å²) in [5.74, 6) is 0. The standard InChI is InChI=1S/C8H12/c1-3-5-7-8-6-4-2/h3,6-8H,4H2,1-2H3/b8-6-. The molecule has 44 valence electrons. The van der Waals surface area contributed by atoms with Gasteiger partial charge in [0.2, 0.25) is 0 Å². The number of allylic oxidation sites excluding steroid dienone is 3. The summed E-state index contributed by atoms with van der Waals surface area (Å²) in [5.41, 5.74) is 2.95. The second-order valence-corrected chi connectivity index (χ2v) is 1.46. The first-order chi connectivity index (χ1) is 3.91. The summed E-state index contributed by atoms with van der Waals surface area (Å²) in [7, 11) is 0. The Morgan fingerprint density at radius 2 is 2.25 bits per heavy atom. The lowest BCUT2D eigenvalue weighted by Gasteiger charge is -1.68. The van der Waals surface area contributed by atoms with Crippen molar-refractivity contribution in [2.24, 2.45) is 0 Å². The fourth-order valence-corrected chi connectivity index (χ4v) is 0.356. The maximum Gasteiger partial charge on any atom is -0.0206 e. The zero-order valence-electron chi connectivity index (χ0n) is 5.52. The van der Waals surface area contributed by atoms with E-state index in [1.54, 1.807) is 0 Å². The molecule has 0 radical (unpaired) electrons. The van der Waals surface area contributed by atoms with Gasteiger partial charge in [-0.1, -0.05) is 19.1 Å². The van der Waals surface area contributed by atoms with Crippen LogP contribution >= 0.6 is 0 Å². The highest BCUT2D eigenvalue weighted by Gasteiger charge is 1.57. The number of hydrogen-bond donors (Lipinski definition) is 0. The lowest BCUT2D eigenvalue weighted by Crippen LogP contribution is -1.47. The van der Waals surface area contributed by atoms with Gasteiger partial charge in [-0.2, -0.15) is 0 Å². The highest BCUT2D eigenvalue weighted by Crippen LogP contribution is 1.78. The number of rotatable bonds is 2. The van der Waals surface area contributed by atoms with Gasteiger partial charge in [0, 0.05) is 0 Å². The normalized spacial score (nSPS) is 8.75. The zero-order valence-corrected chi connectivity index (χ0v) is 5.52. The molecule has 0 heteroatoms. The monoisotopic (exact) mass is 108 g/mol. The van der Waals surface area contributed by atoms with Gasteiger partial charge in [-0.25, -0.2) is 0 Å². The first-order valence-electron chi connectivity index (χ1n) is 2.94. The van der Waals surface area contributed by atoms with Crippen molar-refractivity contribution in [3.8, 4) is 0 Å². The van der Waals surface area contributed by atoms with Gasteiger partial charge in [-0.3, -0.25) is 0 Å². The molecule has 0 saturated carbocycles.